The van der Waals surface area contributed by atoms with Gasteiger partial charge < -0.3 is 10.6 Å². The Hall–Kier alpha value is -0.610. The molecule has 98 valence electrons. The van der Waals surface area contributed by atoms with Gasteiger partial charge in [0.2, 0.25) is 5.91 Å². The predicted octanol–water partition coefficient (Wildman–Crippen LogP) is 0.666. The fraction of sp³-hybridized carbons (Fsp3) is 0.923. The first-order valence-electron chi connectivity index (χ1n) is 6.88. The average Bonchev–Trinajstić information content (AvgIpc) is 2.64. The van der Waals surface area contributed by atoms with Crippen LogP contribution < -0.4 is 5.73 Å². The van der Waals surface area contributed by atoms with Gasteiger partial charge in [-0.2, -0.15) is 0 Å². The first-order chi connectivity index (χ1) is 8.09. The third kappa shape index (κ3) is 2.80. The molecule has 2 aliphatic rings. The lowest BCUT2D eigenvalue weighted by atomic mass is 10.0. The highest BCUT2D eigenvalue weighted by Gasteiger charge is 2.32. The Kier molecular flexibility index (Phi) is 4.05. The quantitative estimate of drug-likeness (QED) is 0.770. The highest BCUT2D eigenvalue weighted by molar-refractivity contribution is 5.79. The molecule has 3 atom stereocenters. The number of carbonyl (C=O) groups is 1. The van der Waals surface area contributed by atoms with E-state index in [9.17, 15) is 4.79 Å². The lowest BCUT2D eigenvalue weighted by molar-refractivity contribution is -0.135. The molecule has 17 heavy (non-hydrogen) atoms. The Morgan fingerprint density at radius 2 is 1.94 bits per heavy atom. The Morgan fingerprint density at radius 3 is 2.65 bits per heavy atom. The van der Waals surface area contributed by atoms with Crippen molar-refractivity contribution in [2.75, 3.05) is 26.2 Å². The fourth-order valence-electron chi connectivity index (χ4n) is 2.92. The molecular formula is C13H25N3O. The highest BCUT2D eigenvalue weighted by atomic mass is 16.2. The van der Waals surface area contributed by atoms with Gasteiger partial charge in [0.15, 0.2) is 0 Å². The van der Waals surface area contributed by atoms with Gasteiger partial charge in [-0.15, -0.1) is 0 Å². The molecule has 0 saturated carbocycles. The monoisotopic (exact) mass is 239 g/mol. The summed E-state index contributed by atoms with van der Waals surface area (Å²) in [7, 11) is 0. The molecule has 0 spiro atoms. The highest BCUT2D eigenvalue weighted by Crippen LogP contribution is 2.22. The molecule has 0 radical (unpaired) electrons. The van der Waals surface area contributed by atoms with Crippen molar-refractivity contribution >= 4 is 5.91 Å². The summed E-state index contributed by atoms with van der Waals surface area (Å²) >= 11 is 0. The summed E-state index contributed by atoms with van der Waals surface area (Å²) in [6.07, 6.45) is 3.64. The van der Waals surface area contributed by atoms with Crippen molar-refractivity contribution < 1.29 is 4.79 Å². The molecule has 3 unspecified atom stereocenters. The molecule has 2 fully saturated rings. The molecule has 2 saturated heterocycles. The van der Waals surface area contributed by atoms with E-state index in [4.69, 9.17) is 5.73 Å². The maximum atomic E-state index is 12.3. The minimum Gasteiger partial charge on any atom is -0.341 e. The number of nitrogens with zero attached hydrogens (tertiary/aromatic N) is 2. The van der Waals surface area contributed by atoms with Crippen LogP contribution >= 0.6 is 0 Å². The molecule has 1 amide bonds. The van der Waals surface area contributed by atoms with E-state index in [0.717, 1.165) is 26.1 Å². The molecule has 0 aromatic heterocycles. The Morgan fingerprint density at radius 1 is 1.24 bits per heavy atom. The lowest BCUT2D eigenvalue weighted by Crippen LogP contribution is -2.45. The summed E-state index contributed by atoms with van der Waals surface area (Å²) in [5.41, 5.74) is 5.83. The van der Waals surface area contributed by atoms with Crippen molar-refractivity contribution in [2.24, 2.45) is 11.7 Å². The molecule has 0 aromatic rings. The van der Waals surface area contributed by atoms with Crippen molar-refractivity contribution in [3.05, 3.63) is 0 Å². The summed E-state index contributed by atoms with van der Waals surface area (Å²) in [6.45, 7) is 8.06. The second-order valence-corrected chi connectivity index (χ2v) is 5.62. The van der Waals surface area contributed by atoms with Crippen LogP contribution in [-0.4, -0.2) is 54.0 Å². The normalized spacial score (nSPS) is 29.6. The van der Waals surface area contributed by atoms with Crippen molar-refractivity contribution in [3.8, 4) is 0 Å². The van der Waals surface area contributed by atoms with Crippen LogP contribution in [-0.2, 0) is 4.79 Å². The molecule has 4 nitrogen and oxygen atoms in total. The number of nitrogens with two attached hydrogens (primary N) is 1. The summed E-state index contributed by atoms with van der Waals surface area (Å²) < 4.78 is 0. The number of fused-ring (bicyclic) bond motifs is 1. The molecule has 2 N–H and O–H groups in total. The number of hydrogen-bond acceptors (Lipinski definition) is 3. The first-order valence-corrected chi connectivity index (χ1v) is 6.88. The van der Waals surface area contributed by atoms with Crippen LogP contribution in [0.2, 0.25) is 0 Å². The van der Waals surface area contributed by atoms with Gasteiger partial charge in [-0.05, 0) is 32.7 Å². The van der Waals surface area contributed by atoms with Crippen LogP contribution in [0.1, 0.15) is 33.1 Å². The zero-order chi connectivity index (χ0) is 12.4. The molecule has 2 aliphatic heterocycles. The van der Waals surface area contributed by atoms with E-state index >= 15 is 0 Å². The smallest absolute Gasteiger partial charge is 0.227 e. The second kappa shape index (κ2) is 5.36. The Balaban J connectivity index is 1.98. The van der Waals surface area contributed by atoms with Gasteiger partial charge in [-0.25, -0.2) is 0 Å². The van der Waals surface area contributed by atoms with Gasteiger partial charge >= 0.3 is 0 Å². The molecular weight excluding hydrogens is 214 g/mol. The minimum absolute atomic E-state index is 0.0505. The zero-order valence-electron chi connectivity index (χ0n) is 11.1. The number of rotatable bonds is 2. The predicted molar refractivity (Wildman–Crippen MR) is 68.6 cm³/mol. The zero-order valence-corrected chi connectivity index (χ0v) is 11.1. The molecule has 2 heterocycles. The summed E-state index contributed by atoms with van der Waals surface area (Å²) in [5, 5.41) is 0. The topological polar surface area (TPSA) is 49.6 Å². The number of amides is 1. The Labute approximate surface area is 104 Å². The third-order valence-corrected chi connectivity index (χ3v) is 4.29. The number of hydrogen-bond donors (Lipinski definition) is 1. The molecule has 4 heteroatoms. The van der Waals surface area contributed by atoms with Crippen molar-refractivity contribution in [2.45, 2.75) is 45.2 Å². The largest absolute Gasteiger partial charge is 0.341 e. The minimum atomic E-state index is -0.0528. The van der Waals surface area contributed by atoms with Gasteiger partial charge in [-0.3, -0.25) is 9.69 Å². The molecule has 2 rings (SSSR count). The summed E-state index contributed by atoms with van der Waals surface area (Å²) in [4.78, 5) is 16.9. The van der Waals surface area contributed by atoms with Crippen molar-refractivity contribution in [3.63, 3.8) is 0 Å². The summed E-state index contributed by atoms with van der Waals surface area (Å²) in [6, 6.07) is 0.548. The van der Waals surface area contributed by atoms with Crippen LogP contribution in [0.5, 0.6) is 0 Å². The van der Waals surface area contributed by atoms with Crippen molar-refractivity contribution in [1.82, 2.24) is 9.80 Å². The van der Waals surface area contributed by atoms with Crippen LogP contribution in [0.3, 0.4) is 0 Å². The lowest BCUT2D eigenvalue weighted by Gasteiger charge is -2.28. The van der Waals surface area contributed by atoms with E-state index in [-0.39, 0.29) is 17.9 Å². The van der Waals surface area contributed by atoms with Gasteiger partial charge in [0.1, 0.15) is 0 Å². The van der Waals surface area contributed by atoms with E-state index in [1.54, 1.807) is 0 Å². The fourth-order valence-corrected chi connectivity index (χ4v) is 2.92. The second-order valence-electron chi connectivity index (χ2n) is 5.62. The SMILES string of the molecule is CC(N)C(C)C(=O)N1CCCN2CCCC2C1. The average molecular weight is 239 g/mol. The Bertz CT molecular complexity index is 280. The van der Waals surface area contributed by atoms with Crippen LogP contribution in [0, 0.1) is 5.92 Å². The van der Waals surface area contributed by atoms with Gasteiger partial charge in [0.25, 0.3) is 0 Å². The van der Waals surface area contributed by atoms with E-state index in [1.807, 2.05) is 18.7 Å². The maximum absolute atomic E-state index is 12.3. The van der Waals surface area contributed by atoms with Gasteiger partial charge in [-0.1, -0.05) is 6.92 Å². The third-order valence-electron chi connectivity index (χ3n) is 4.29. The first kappa shape index (κ1) is 12.8. The maximum Gasteiger partial charge on any atom is 0.227 e. The van der Waals surface area contributed by atoms with Crippen LogP contribution in [0.4, 0.5) is 0 Å². The van der Waals surface area contributed by atoms with Gasteiger partial charge in [0, 0.05) is 31.7 Å². The van der Waals surface area contributed by atoms with E-state index in [2.05, 4.69) is 4.90 Å². The van der Waals surface area contributed by atoms with Crippen LogP contribution in [0.15, 0.2) is 0 Å². The van der Waals surface area contributed by atoms with Gasteiger partial charge in [0.05, 0.1) is 5.92 Å². The number of carbonyl (C=O) groups excluding carboxylic acids is 1. The molecule has 0 bridgehead atoms. The van der Waals surface area contributed by atoms with Crippen LogP contribution in [0.25, 0.3) is 0 Å². The van der Waals surface area contributed by atoms with E-state index < -0.39 is 0 Å². The molecule has 0 aliphatic carbocycles. The summed E-state index contributed by atoms with van der Waals surface area (Å²) in [5.74, 6) is 0.191. The van der Waals surface area contributed by atoms with E-state index in [1.165, 1.54) is 19.4 Å². The van der Waals surface area contributed by atoms with E-state index in [0.29, 0.717) is 6.04 Å². The van der Waals surface area contributed by atoms with Crippen molar-refractivity contribution in [1.29, 1.82) is 0 Å². The standard InChI is InChI=1S/C13H25N3O/c1-10(11(2)14)13(17)16-8-4-7-15-6-3-5-12(15)9-16/h10-12H,3-9,14H2,1-2H3. The molecule has 0 aromatic carbocycles.